The van der Waals surface area contributed by atoms with Crippen LogP contribution < -0.4 is 0 Å². The van der Waals surface area contributed by atoms with Crippen molar-refractivity contribution in [3.8, 4) is 0 Å². The highest BCUT2D eigenvalue weighted by Gasteiger charge is 2.50. The van der Waals surface area contributed by atoms with Crippen LogP contribution in [0.2, 0.25) is 0 Å². The lowest BCUT2D eigenvalue weighted by molar-refractivity contribution is -0.373. The molecule has 6 rings (SSSR count). The molecule has 3 aromatic rings. The van der Waals surface area contributed by atoms with Crippen LogP contribution in [0.3, 0.4) is 0 Å². The minimum Gasteiger partial charge on any atom is -0.346 e. The summed E-state index contributed by atoms with van der Waals surface area (Å²) >= 11 is 0. The van der Waals surface area contributed by atoms with E-state index >= 15 is 0 Å². The molecular weight excluding hydrogens is 420 g/mol. The van der Waals surface area contributed by atoms with Crippen molar-refractivity contribution in [2.24, 2.45) is 0 Å². The first-order valence-corrected chi connectivity index (χ1v) is 11.3. The Bertz CT molecular complexity index is 1030. The molecule has 33 heavy (non-hydrogen) atoms. The summed E-state index contributed by atoms with van der Waals surface area (Å²) in [6, 6.07) is 29.8. The van der Waals surface area contributed by atoms with Gasteiger partial charge in [0.1, 0.15) is 24.4 Å². The van der Waals surface area contributed by atoms with Crippen molar-refractivity contribution in [1.82, 2.24) is 0 Å². The van der Waals surface area contributed by atoms with Gasteiger partial charge >= 0.3 is 0 Å². The normalized spacial score (nSPS) is 34.0. The molecule has 0 aromatic heterocycles. The summed E-state index contributed by atoms with van der Waals surface area (Å²) in [6.45, 7) is 0.818. The van der Waals surface area contributed by atoms with Crippen LogP contribution in [0.4, 0.5) is 0 Å². The van der Waals surface area contributed by atoms with Gasteiger partial charge < -0.3 is 28.4 Å². The molecular formula is C27H26O6. The van der Waals surface area contributed by atoms with Crippen LogP contribution in [0.25, 0.3) is 0 Å². The highest BCUT2D eigenvalue weighted by molar-refractivity contribution is 5.19. The fraction of sp³-hybridized carbons (Fsp3) is 0.333. The standard InChI is InChI=1S/C27H26O6/c1-4-10-18(11-5-1)25-28-16-21(30-25)24-23-22(31-27(33-24)20-14-8-3-9-15-20)17-29-26(32-23)19-12-6-2-7-13-19/h1-15,21-27H,16-17H2/t21-,22+,23+,24+,25?,26?,27?/m1/s1. The van der Waals surface area contributed by atoms with Crippen molar-refractivity contribution in [3.63, 3.8) is 0 Å². The van der Waals surface area contributed by atoms with Crippen molar-refractivity contribution in [2.75, 3.05) is 13.2 Å². The second-order valence-corrected chi connectivity index (χ2v) is 8.44. The van der Waals surface area contributed by atoms with Gasteiger partial charge in [0.05, 0.1) is 13.2 Å². The van der Waals surface area contributed by atoms with E-state index in [2.05, 4.69) is 0 Å². The molecule has 0 spiro atoms. The van der Waals surface area contributed by atoms with E-state index in [1.807, 2.05) is 91.0 Å². The smallest absolute Gasteiger partial charge is 0.184 e. The number of ether oxygens (including phenoxy) is 6. The minimum absolute atomic E-state index is 0.284. The van der Waals surface area contributed by atoms with E-state index in [0.717, 1.165) is 16.7 Å². The van der Waals surface area contributed by atoms with Crippen LogP contribution in [0.5, 0.6) is 0 Å². The van der Waals surface area contributed by atoms with Gasteiger partial charge in [0.15, 0.2) is 18.9 Å². The molecule has 7 atom stereocenters. The summed E-state index contributed by atoms with van der Waals surface area (Å²) in [5.41, 5.74) is 2.90. The topological polar surface area (TPSA) is 55.4 Å². The fourth-order valence-corrected chi connectivity index (χ4v) is 4.59. The zero-order chi connectivity index (χ0) is 22.0. The van der Waals surface area contributed by atoms with Gasteiger partial charge in [-0.05, 0) is 0 Å². The van der Waals surface area contributed by atoms with Crippen molar-refractivity contribution >= 4 is 0 Å². The number of hydrogen-bond acceptors (Lipinski definition) is 6. The third-order valence-electron chi connectivity index (χ3n) is 6.25. The predicted octanol–water partition coefficient (Wildman–Crippen LogP) is 4.70. The van der Waals surface area contributed by atoms with E-state index in [1.165, 1.54) is 0 Å². The zero-order valence-corrected chi connectivity index (χ0v) is 18.1. The van der Waals surface area contributed by atoms with Crippen molar-refractivity contribution in [2.45, 2.75) is 43.3 Å². The van der Waals surface area contributed by atoms with Crippen molar-refractivity contribution in [3.05, 3.63) is 108 Å². The Morgan fingerprint density at radius 2 is 0.788 bits per heavy atom. The molecule has 6 heteroatoms. The number of hydrogen-bond donors (Lipinski definition) is 0. The van der Waals surface area contributed by atoms with E-state index in [9.17, 15) is 0 Å². The SMILES string of the molecule is c1ccc(C2OC[C@@H]3OC(c4ccccc4)O[C@@H]([C@H]4COC(c5ccccc5)O4)[C@H]3O2)cc1. The Morgan fingerprint density at radius 3 is 1.27 bits per heavy atom. The monoisotopic (exact) mass is 446 g/mol. The van der Waals surface area contributed by atoms with Crippen LogP contribution in [0.15, 0.2) is 91.0 Å². The van der Waals surface area contributed by atoms with E-state index in [0.29, 0.717) is 13.2 Å². The molecule has 0 bridgehead atoms. The number of rotatable bonds is 4. The van der Waals surface area contributed by atoms with Crippen molar-refractivity contribution in [1.29, 1.82) is 0 Å². The van der Waals surface area contributed by atoms with Crippen LogP contribution in [-0.4, -0.2) is 37.6 Å². The Balaban J connectivity index is 1.26. The predicted molar refractivity (Wildman–Crippen MR) is 119 cm³/mol. The molecule has 3 aliphatic heterocycles. The maximum Gasteiger partial charge on any atom is 0.184 e. The first kappa shape index (κ1) is 21.0. The Morgan fingerprint density at radius 1 is 0.424 bits per heavy atom. The molecule has 6 nitrogen and oxygen atoms in total. The Hall–Kier alpha value is -2.58. The lowest BCUT2D eigenvalue weighted by atomic mass is 9.99. The average Bonchev–Trinajstić information content (AvgIpc) is 3.39. The summed E-state index contributed by atoms with van der Waals surface area (Å²) in [6.07, 6.45) is -2.76. The molecule has 3 unspecified atom stereocenters. The molecule has 0 saturated carbocycles. The molecule has 3 aromatic carbocycles. The number of fused-ring (bicyclic) bond motifs is 1. The molecule has 0 radical (unpaired) electrons. The summed E-state index contributed by atoms with van der Waals surface area (Å²) in [7, 11) is 0. The lowest BCUT2D eigenvalue weighted by Gasteiger charge is -2.47. The van der Waals surface area contributed by atoms with Gasteiger partial charge in [-0.2, -0.15) is 0 Å². The molecule has 0 N–H and O–H groups in total. The number of benzene rings is 3. The first-order chi connectivity index (χ1) is 16.3. The average molecular weight is 446 g/mol. The fourth-order valence-electron chi connectivity index (χ4n) is 4.59. The van der Waals surface area contributed by atoms with Gasteiger partial charge in [0, 0.05) is 16.7 Å². The summed E-state index contributed by atoms with van der Waals surface area (Å²) < 4.78 is 37.6. The van der Waals surface area contributed by atoms with Crippen LogP contribution in [-0.2, 0) is 28.4 Å². The van der Waals surface area contributed by atoms with E-state index in [4.69, 9.17) is 28.4 Å². The van der Waals surface area contributed by atoms with Gasteiger partial charge in [-0.25, -0.2) is 0 Å². The van der Waals surface area contributed by atoms with E-state index < -0.39 is 18.9 Å². The summed E-state index contributed by atoms with van der Waals surface area (Å²) in [5.74, 6) is 0. The summed E-state index contributed by atoms with van der Waals surface area (Å²) in [5, 5.41) is 0. The van der Waals surface area contributed by atoms with Gasteiger partial charge in [0.25, 0.3) is 0 Å². The van der Waals surface area contributed by atoms with E-state index in [1.54, 1.807) is 0 Å². The first-order valence-electron chi connectivity index (χ1n) is 11.3. The zero-order valence-electron chi connectivity index (χ0n) is 18.1. The Labute approximate surface area is 192 Å². The maximum absolute atomic E-state index is 6.49. The molecule has 3 aliphatic rings. The van der Waals surface area contributed by atoms with Crippen molar-refractivity contribution < 1.29 is 28.4 Å². The highest BCUT2D eigenvalue weighted by atomic mass is 16.8. The molecule has 170 valence electrons. The third kappa shape index (κ3) is 4.34. The highest BCUT2D eigenvalue weighted by Crippen LogP contribution is 2.41. The van der Waals surface area contributed by atoms with Gasteiger partial charge in [-0.1, -0.05) is 91.0 Å². The van der Waals surface area contributed by atoms with Crippen LogP contribution in [0, 0.1) is 0 Å². The molecule has 0 aliphatic carbocycles. The molecule has 0 amide bonds. The summed E-state index contributed by atoms with van der Waals surface area (Å²) in [4.78, 5) is 0. The second-order valence-electron chi connectivity index (χ2n) is 8.44. The second kappa shape index (κ2) is 9.35. The van der Waals surface area contributed by atoms with E-state index in [-0.39, 0.29) is 24.4 Å². The van der Waals surface area contributed by atoms with Gasteiger partial charge in [0.2, 0.25) is 0 Å². The molecule has 3 fully saturated rings. The lowest BCUT2D eigenvalue weighted by Crippen LogP contribution is -2.58. The molecule has 3 saturated heterocycles. The third-order valence-corrected chi connectivity index (χ3v) is 6.25. The van der Waals surface area contributed by atoms with Crippen LogP contribution in [0.1, 0.15) is 35.6 Å². The quantitative estimate of drug-likeness (QED) is 0.579. The molecule has 3 heterocycles. The van der Waals surface area contributed by atoms with Gasteiger partial charge in [-0.15, -0.1) is 0 Å². The van der Waals surface area contributed by atoms with Crippen LogP contribution >= 0.6 is 0 Å². The minimum atomic E-state index is -0.530. The maximum atomic E-state index is 6.49. The Kier molecular flexibility index (Phi) is 5.94. The largest absolute Gasteiger partial charge is 0.346 e. The van der Waals surface area contributed by atoms with Gasteiger partial charge in [-0.3, -0.25) is 0 Å².